The number of rotatable bonds is 0. The Balaban J connectivity index is 1.96. The minimum Gasteiger partial charge on any atom is -0.458 e. The molecule has 1 aliphatic carbocycles. The molecule has 2 aliphatic heterocycles. The van der Waals surface area contributed by atoms with Crippen LogP contribution < -0.4 is 0 Å². The van der Waals surface area contributed by atoms with Gasteiger partial charge in [-0.3, -0.25) is 0 Å². The molecule has 3 rings (SSSR count). The summed E-state index contributed by atoms with van der Waals surface area (Å²) in [6, 6.07) is 0. The lowest BCUT2D eigenvalue weighted by Gasteiger charge is -2.48. The molecule has 3 fully saturated rings. The molecule has 0 spiro atoms. The Kier molecular flexibility index (Phi) is 3.19. The van der Waals surface area contributed by atoms with Gasteiger partial charge >= 0.3 is 5.97 Å². The van der Waals surface area contributed by atoms with E-state index in [1.54, 1.807) is 0 Å². The van der Waals surface area contributed by atoms with Gasteiger partial charge in [0.15, 0.2) is 12.6 Å². The van der Waals surface area contributed by atoms with E-state index in [1.807, 2.05) is 6.92 Å². The highest BCUT2D eigenvalue weighted by Crippen LogP contribution is 2.54. The molecule has 20 heavy (non-hydrogen) atoms. The quantitative estimate of drug-likeness (QED) is 0.515. The summed E-state index contributed by atoms with van der Waals surface area (Å²) >= 11 is 0. The fraction of sp³-hybridized carbons (Fsp3) is 0.800. The van der Waals surface area contributed by atoms with Crippen molar-refractivity contribution in [2.45, 2.75) is 51.8 Å². The number of aliphatic hydroxyl groups is 2. The third-order valence-corrected chi connectivity index (χ3v) is 5.52. The normalized spacial score (nSPS) is 52.0. The second-order valence-corrected chi connectivity index (χ2v) is 6.78. The van der Waals surface area contributed by atoms with Gasteiger partial charge in [-0.1, -0.05) is 20.4 Å². The highest BCUT2D eigenvalue weighted by atomic mass is 16.7. The number of hydrogen-bond donors (Lipinski definition) is 2. The molecular formula is C15H22O5. The first-order valence-corrected chi connectivity index (χ1v) is 7.24. The van der Waals surface area contributed by atoms with Crippen molar-refractivity contribution in [3.8, 4) is 0 Å². The van der Waals surface area contributed by atoms with E-state index in [1.165, 1.54) is 0 Å². The van der Waals surface area contributed by atoms with Gasteiger partial charge in [0.1, 0.15) is 6.10 Å². The van der Waals surface area contributed by atoms with Gasteiger partial charge in [0, 0.05) is 23.3 Å². The highest BCUT2D eigenvalue weighted by Gasteiger charge is 2.56. The van der Waals surface area contributed by atoms with Gasteiger partial charge in [0.05, 0.1) is 0 Å². The van der Waals surface area contributed by atoms with Crippen LogP contribution in [0.15, 0.2) is 12.2 Å². The second-order valence-electron chi connectivity index (χ2n) is 6.78. The van der Waals surface area contributed by atoms with Crippen LogP contribution in [0.1, 0.15) is 33.1 Å². The minimum atomic E-state index is -1.03. The lowest BCUT2D eigenvalue weighted by Crippen LogP contribution is -2.51. The Hall–Kier alpha value is -0.910. The zero-order valence-corrected chi connectivity index (χ0v) is 11.9. The van der Waals surface area contributed by atoms with Crippen molar-refractivity contribution in [3.05, 3.63) is 12.2 Å². The molecule has 0 bridgehead atoms. The maximum Gasteiger partial charge on any atom is 0.334 e. The van der Waals surface area contributed by atoms with Gasteiger partial charge < -0.3 is 19.7 Å². The molecule has 0 aromatic carbocycles. The monoisotopic (exact) mass is 282 g/mol. The maximum atomic E-state index is 11.7. The van der Waals surface area contributed by atoms with Crippen LogP contribution in [0.3, 0.4) is 0 Å². The van der Waals surface area contributed by atoms with E-state index in [-0.39, 0.29) is 29.8 Å². The zero-order valence-electron chi connectivity index (χ0n) is 11.9. The maximum absolute atomic E-state index is 11.7. The lowest BCUT2D eigenvalue weighted by atomic mass is 9.65. The van der Waals surface area contributed by atoms with Crippen molar-refractivity contribution < 1.29 is 24.5 Å². The smallest absolute Gasteiger partial charge is 0.334 e. The number of aliphatic hydroxyl groups excluding tert-OH is 2. The van der Waals surface area contributed by atoms with E-state index < -0.39 is 18.0 Å². The van der Waals surface area contributed by atoms with Crippen molar-refractivity contribution >= 4 is 5.97 Å². The number of esters is 1. The average molecular weight is 282 g/mol. The van der Waals surface area contributed by atoms with Gasteiger partial charge in [-0.05, 0) is 24.7 Å². The third kappa shape index (κ3) is 1.91. The van der Waals surface area contributed by atoms with Crippen LogP contribution in [0.4, 0.5) is 0 Å². The number of ether oxygens (including phenoxy) is 2. The van der Waals surface area contributed by atoms with Crippen molar-refractivity contribution in [1.29, 1.82) is 0 Å². The van der Waals surface area contributed by atoms with E-state index >= 15 is 0 Å². The first-order valence-electron chi connectivity index (χ1n) is 7.24. The van der Waals surface area contributed by atoms with E-state index in [0.29, 0.717) is 18.4 Å². The molecule has 5 nitrogen and oxygen atoms in total. The van der Waals surface area contributed by atoms with Crippen LogP contribution in [0.2, 0.25) is 0 Å². The Labute approximate surface area is 118 Å². The predicted molar refractivity (Wildman–Crippen MR) is 70.2 cm³/mol. The van der Waals surface area contributed by atoms with Crippen LogP contribution in [-0.4, -0.2) is 34.9 Å². The lowest BCUT2D eigenvalue weighted by molar-refractivity contribution is -0.304. The fourth-order valence-electron chi connectivity index (χ4n) is 4.31. The molecule has 2 heterocycles. The largest absolute Gasteiger partial charge is 0.458 e. The summed E-state index contributed by atoms with van der Waals surface area (Å²) in [6.07, 6.45) is -0.249. The van der Waals surface area contributed by atoms with Crippen LogP contribution in [-0.2, 0) is 14.3 Å². The summed E-state index contributed by atoms with van der Waals surface area (Å²) < 4.78 is 10.6. The summed E-state index contributed by atoms with van der Waals surface area (Å²) in [5, 5.41) is 20.1. The molecule has 112 valence electrons. The SMILES string of the molecule is C=C1C(=O)O[C@@H]2C[C@@H](C)[C@H]3C[C@H](O)O[C@@H](O)[C@@]3(C)C[C@H]12. The zero-order chi connectivity index (χ0) is 14.7. The van der Waals surface area contributed by atoms with Crippen LogP contribution in [0.5, 0.6) is 0 Å². The van der Waals surface area contributed by atoms with Gasteiger partial charge in [-0.25, -0.2) is 4.79 Å². The Morgan fingerprint density at radius 2 is 2.05 bits per heavy atom. The average Bonchev–Trinajstić information content (AvgIpc) is 2.55. The molecule has 2 N–H and O–H groups in total. The molecule has 3 aliphatic rings. The van der Waals surface area contributed by atoms with Crippen molar-refractivity contribution in [1.82, 2.24) is 0 Å². The number of hydrogen-bond acceptors (Lipinski definition) is 5. The molecule has 0 aromatic heterocycles. The molecule has 7 atom stereocenters. The Morgan fingerprint density at radius 3 is 2.75 bits per heavy atom. The summed E-state index contributed by atoms with van der Waals surface area (Å²) in [7, 11) is 0. The van der Waals surface area contributed by atoms with Crippen molar-refractivity contribution in [2.24, 2.45) is 23.2 Å². The second kappa shape index (κ2) is 4.55. The predicted octanol–water partition coefficient (Wildman–Crippen LogP) is 1.19. The molecule has 0 radical (unpaired) electrons. The molecule has 5 heteroatoms. The van der Waals surface area contributed by atoms with E-state index in [9.17, 15) is 15.0 Å². The van der Waals surface area contributed by atoms with Gasteiger partial charge in [0.2, 0.25) is 0 Å². The van der Waals surface area contributed by atoms with E-state index in [0.717, 1.165) is 6.42 Å². The Bertz CT molecular complexity index is 448. The summed E-state index contributed by atoms with van der Waals surface area (Å²) in [5.41, 5.74) is 0.0111. The summed E-state index contributed by atoms with van der Waals surface area (Å²) in [5.74, 6) is -0.00537. The third-order valence-electron chi connectivity index (χ3n) is 5.52. The standard InChI is InChI=1S/C15H22O5/c1-7-4-11-9(8(2)13(17)19-11)6-15(3)10(7)5-12(16)20-14(15)18/h7,9-12,14,16,18H,2,4-6H2,1,3H3/t7-,9-,10-,11-,12-,14-,15+/m1/s1. The van der Waals surface area contributed by atoms with Crippen LogP contribution in [0, 0.1) is 23.2 Å². The molecule has 0 aromatic rings. The molecule has 0 unspecified atom stereocenters. The molecule has 2 saturated heterocycles. The first-order chi connectivity index (χ1) is 9.33. The highest BCUT2D eigenvalue weighted by molar-refractivity contribution is 5.90. The number of carbonyl (C=O) groups excluding carboxylic acids is 1. The topological polar surface area (TPSA) is 76.0 Å². The molecule has 1 saturated carbocycles. The van der Waals surface area contributed by atoms with Crippen molar-refractivity contribution in [2.75, 3.05) is 0 Å². The van der Waals surface area contributed by atoms with Gasteiger partial charge in [-0.2, -0.15) is 0 Å². The number of carbonyl (C=O) groups is 1. The first kappa shape index (κ1) is 14.0. The van der Waals surface area contributed by atoms with Crippen LogP contribution in [0.25, 0.3) is 0 Å². The van der Waals surface area contributed by atoms with Gasteiger partial charge in [0.25, 0.3) is 0 Å². The summed E-state index contributed by atoms with van der Waals surface area (Å²) in [6.45, 7) is 7.91. The number of fused-ring (bicyclic) bond motifs is 2. The fourth-order valence-corrected chi connectivity index (χ4v) is 4.31. The van der Waals surface area contributed by atoms with Crippen molar-refractivity contribution in [3.63, 3.8) is 0 Å². The molecular weight excluding hydrogens is 260 g/mol. The molecule has 0 amide bonds. The van der Waals surface area contributed by atoms with E-state index in [2.05, 4.69) is 13.5 Å². The van der Waals surface area contributed by atoms with Crippen LogP contribution >= 0.6 is 0 Å². The minimum absolute atomic E-state index is 0.0616. The summed E-state index contributed by atoms with van der Waals surface area (Å²) in [4.78, 5) is 11.7. The Morgan fingerprint density at radius 1 is 1.35 bits per heavy atom. The van der Waals surface area contributed by atoms with E-state index in [4.69, 9.17) is 9.47 Å². The van der Waals surface area contributed by atoms with Gasteiger partial charge in [-0.15, -0.1) is 0 Å².